The van der Waals surface area contributed by atoms with E-state index >= 15 is 0 Å². The molecule has 0 radical (unpaired) electrons. The number of aryl methyl sites for hydroxylation is 1. The number of benzene rings is 1. The fourth-order valence-electron chi connectivity index (χ4n) is 2.22. The van der Waals surface area contributed by atoms with Crippen LogP contribution in [-0.2, 0) is 0 Å². The number of nitrogens with one attached hydrogen (secondary N) is 1. The summed E-state index contributed by atoms with van der Waals surface area (Å²) in [5.41, 5.74) is 4.46. The van der Waals surface area contributed by atoms with Gasteiger partial charge in [-0.15, -0.1) is 0 Å². The van der Waals surface area contributed by atoms with Crippen LogP contribution in [0.25, 0.3) is 10.9 Å². The highest BCUT2D eigenvalue weighted by molar-refractivity contribution is 6.32. The van der Waals surface area contributed by atoms with Crippen molar-refractivity contribution in [3.8, 4) is 0 Å². The second-order valence-corrected chi connectivity index (χ2v) is 5.09. The minimum Gasteiger partial charge on any atom is -0.388 e. The Hall–Kier alpha value is -1.28. The maximum absolute atomic E-state index is 6.17. The summed E-state index contributed by atoms with van der Waals surface area (Å²) < 4.78 is 0. The number of nitrogens with zero attached hydrogens (tertiary/aromatic N) is 1. The molecule has 1 heterocycles. The Labute approximate surface area is 106 Å². The summed E-state index contributed by atoms with van der Waals surface area (Å²) >= 11 is 6.17. The molecule has 0 amide bonds. The Bertz CT molecular complexity index is 588. The van der Waals surface area contributed by atoms with E-state index < -0.39 is 0 Å². The molecule has 1 aromatic carbocycles. The molecule has 0 aliphatic heterocycles. The number of halogens is 1. The zero-order valence-corrected chi connectivity index (χ0v) is 10.8. The van der Waals surface area contributed by atoms with Crippen LogP contribution in [0.1, 0.15) is 30.0 Å². The Morgan fingerprint density at radius 3 is 2.76 bits per heavy atom. The van der Waals surface area contributed by atoms with Crippen molar-refractivity contribution in [1.29, 1.82) is 0 Å². The van der Waals surface area contributed by atoms with Crippen LogP contribution in [0.5, 0.6) is 0 Å². The highest BCUT2D eigenvalue weighted by Crippen LogP contribution is 2.41. The zero-order valence-electron chi connectivity index (χ0n) is 10.0. The van der Waals surface area contributed by atoms with Crippen molar-refractivity contribution in [2.24, 2.45) is 0 Å². The molecule has 3 heteroatoms. The van der Waals surface area contributed by atoms with E-state index in [1.807, 2.05) is 26.1 Å². The summed E-state index contributed by atoms with van der Waals surface area (Å²) in [4.78, 5) is 4.78. The summed E-state index contributed by atoms with van der Waals surface area (Å²) in [7, 11) is 1.95. The number of aromatic nitrogens is 1. The monoisotopic (exact) mass is 246 g/mol. The van der Waals surface area contributed by atoms with Crippen molar-refractivity contribution in [3.63, 3.8) is 0 Å². The molecule has 1 saturated carbocycles. The zero-order chi connectivity index (χ0) is 12.0. The quantitative estimate of drug-likeness (QED) is 0.862. The topological polar surface area (TPSA) is 24.9 Å². The van der Waals surface area contributed by atoms with Crippen LogP contribution in [0.15, 0.2) is 18.2 Å². The first-order chi connectivity index (χ1) is 8.20. The lowest BCUT2D eigenvalue weighted by atomic mass is 10.1. The SMILES string of the molecule is CNc1cc(C2CC2)nc2c(C)c(Cl)ccc12. The van der Waals surface area contributed by atoms with E-state index in [-0.39, 0.29) is 0 Å². The summed E-state index contributed by atoms with van der Waals surface area (Å²) in [6.07, 6.45) is 2.53. The van der Waals surface area contributed by atoms with Crippen molar-refractivity contribution in [2.75, 3.05) is 12.4 Å². The first kappa shape index (κ1) is 10.8. The van der Waals surface area contributed by atoms with E-state index in [0.29, 0.717) is 5.92 Å². The number of fused-ring (bicyclic) bond motifs is 1. The predicted molar refractivity (Wildman–Crippen MR) is 73.0 cm³/mol. The third-order valence-corrected chi connectivity index (χ3v) is 3.86. The van der Waals surface area contributed by atoms with E-state index in [1.165, 1.54) is 18.5 Å². The molecule has 2 aromatic rings. The molecular formula is C14H15ClN2. The van der Waals surface area contributed by atoms with Crippen molar-refractivity contribution < 1.29 is 0 Å². The van der Waals surface area contributed by atoms with Crippen LogP contribution in [0.2, 0.25) is 5.02 Å². The van der Waals surface area contributed by atoms with Gasteiger partial charge < -0.3 is 5.32 Å². The third-order valence-electron chi connectivity index (χ3n) is 3.45. The van der Waals surface area contributed by atoms with Crippen molar-refractivity contribution in [1.82, 2.24) is 4.98 Å². The van der Waals surface area contributed by atoms with E-state index in [9.17, 15) is 0 Å². The maximum Gasteiger partial charge on any atom is 0.0770 e. The van der Waals surface area contributed by atoms with Gasteiger partial charge in [0.2, 0.25) is 0 Å². The van der Waals surface area contributed by atoms with Crippen LogP contribution in [0.4, 0.5) is 5.69 Å². The lowest BCUT2D eigenvalue weighted by Gasteiger charge is -2.11. The van der Waals surface area contributed by atoms with Crippen LogP contribution in [-0.4, -0.2) is 12.0 Å². The molecule has 0 spiro atoms. The summed E-state index contributed by atoms with van der Waals surface area (Å²) in [6.45, 7) is 2.04. The van der Waals surface area contributed by atoms with Gasteiger partial charge in [0.1, 0.15) is 0 Å². The van der Waals surface area contributed by atoms with Crippen LogP contribution in [0.3, 0.4) is 0 Å². The average molecular weight is 247 g/mol. The van der Waals surface area contributed by atoms with Gasteiger partial charge in [0.25, 0.3) is 0 Å². The first-order valence-corrected chi connectivity index (χ1v) is 6.36. The van der Waals surface area contributed by atoms with Gasteiger partial charge in [-0.1, -0.05) is 11.6 Å². The van der Waals surface area contributed by atoms with Gasteiger partial charge in [-0.3, -0.25) is 4.98 Å². The largest absolute Gasteiger partial charge is 0.388 e. The number of pyridine rings is 1. The molecule has 1 aliphatic carbocycles. The summed E-state index contributed by atoms with van der Waals surface area (Å²) in [5.74, 6) is 0.657. The molecule has 17 heavy (non-hydrogen) atoms. The first-order valence-electron chi connectivity index (χ1n) is 5.98. The van der Waals surface area contributed by atoms with Gasteiger partial charge in [0.15, 0.2) is 0 Å². The molecule has 1 fully saturated rings. The molecule has 3 rings (SSSR count). The van der Waals surface area contributed by atoms with E-state index in [4.69, 9.17) is 16.6 Å². The minimum atomic E-state index is 0.657. The number of hydrogen-bond acceptors (Lipinski definition) is 2. The second-order valence-electron chi connectivity index (χ2n) is 4.69. The number of rotatable bonds is 2. The van der Waals surface area contributed by atoms with Crippen molar-refractivity contribution >= 4 is 28.2 Å². The van der Waals surface area contributed by atoms with Crippen LogP contribution in [0, 0.1) is 6.92 Å². The normalized spacial score (nSPS) is 15.2. The van der Waals surface area contributed by atoms with E-state index in [0.717, 1.165) is 27.2 Å². The summed E-state index contributed by atoms with van der Waals surface area (Å²) in [5, 5.41) is 5.20. The van der Waals surface area contributed by atoms with Gasteiger partial charge in [-0.25, -0.2) is 0 Å². The predicted octanol–water partition coefficient (Wildman–Crippen LogP) is 4.12. The van der Waals surface area contributed by atoms with Gasteiger partial charge >= 0.3 is 0 Å². The van der Waals surface area contributed by atoms with Crippen molar-refractivity contribution in [3.05, 3.63) is 34.5 Å². The molecule has 0 unspecified atom stereocenters. The Kier molecular flexibility index (Phi) is 2.48. The van der Waals surface area contributed by atoms with Crippen LogP contribution >= 0.6 is 11.6 Å². The summed E-state index contributed by atoms with van der Waals surface area (Å²) in [6, 6.07) is 6.16. The number of anilines is 1. The Balaban J connectivity index is 2.32. The molecule has 88 valence electrons. The van der Waals surface area contributed by atoms with Gasteiger partial charge in [0.05, 0.1) is 5.52 Å². The third kappa shape index (κ3) is 1.77. The average Bonchev–Trinajstić information content (AvgIpc) is 3.17. The molecule has 2 nitrogen and oxygen atoms in total. The molecule has 1 N–H and O–H groups in total. The molecule has 0 atom stereocenters. The standard InChI is InChI=1S/C14H15ClN2/c1-8-11(15)6-5-10-13(16-2)7-12(9-3-4-9)17-14(8)10/h5-7,9H,3-4H2,1-2H3,(H,16,17). The van der Waals surface area contributed by atoms with Gasteiger partial charge in [0, 0.05) is 34.8 Å². The second kappa shape index (κ2) is 3.88. The molecule has 1 aliphatic rings. The van der Waals surface area contributed by atoms with E-state index in [1.54, 1.807) is 0 Å². The van der Waals surface area contributed by atoms with Crippen LogP contribution < -0.4 is 5.32 Å². The smallest absolute Gasteiger partial charge is 0.0770 e. The maximum atomic E-state index is 6.17. The highest BCUT2D eigenvalue weighted by Gasteiger charge is 2.26. The minimum absolute atomic E-state index is 0.657. The molecule has 1 aromatic heterocycles. The van der Waals surface area contributed by atoms with E-state index in [2.05, 4.69) is 11.4 Å². The Morgan fingerprint density at radius 1 is 1.35 bits per heavy atom. The molecule has 0 bridgehead atoms. The Morgan fingerprint density at radius 2 is 2.12 bits per heavy atom. The lowest BCUT2D eigenvalue weighted by Crippen LogP contribution is -1.97. The molecule has 0 saturated heterocycles. The highest BCUT2D eigenvalue weighted by atomic mass is 35.5. The number of hydrogen-bond donors (Lipinski definition) is 1. The lowest BCUT2D eigenvalue weighted by molar-refractivity contribution is 1.04. The fraction of sp³-hybridized carbons (Fsp3) is 0.357. The van der Waals surface area contributed by atoms with Gasteiger partial charge in [-0.2, -0.15) is 0 Å². The van der Waals surface area contributed by atoms with Gasteiger partial charge in [-0.05, 0) is 43.5 Å². The molecular weight excluding hydrogens is 232 g/mol. The van der Waals surface area contributed by atoms with Crippen molar-refractivity contribution in [2.45, 2.75) is 25.7 Å². The fourth-order valence-corrected chi connectivity index (χ4v) is 2.37.